The molecule has 0 amide bonds. The maximum absolute atomic E-state index is 14.9. The largest absolute Gasteiger partial charge is 0.472 e. The lowest BCUT2D eigenvalue weighted by Gasteiger charge is -2.50. The van der Waals surface area contributed by atoms with Gasteiger partial charge in [0.05, 0.1) is 13.2 Å². The molecule has 688 valence electrons. The molecule has 117 heavy (non-hydrogen) atoms. The summed E-state index contributed by atoms with van der Waals surface area (Å²) >= 11 is 0. The number of carbonyl (C=O) groups excluding carboxylic acids is 4. The molecule has 2 aliphatic heterocycles. The molecule has 0 bridgehead atoms. The summed E-state index contributed by atoms with van der Waals surface area (Å²) in [7, 11) is -5.80. The predicted molar refractivity (Wildman–Crippen MR) is 453 cm³/mol. The maximum Gasteiger partial charge on any atom is 0.472 e. The van der Waals surface area contributed by atoms with E-state index in [4.69, 9.17) is 46.9 Å². The van der Waals surface area contributed by atoms with Gasteiger partial charge in [0.15, 0.2) is 24.8 Å². The van der Waals surface area contributed by atoms with E-state index in [0.717, 1.165) is 122 Å². The summed E-state index contributed by atoms with van der Waals surface area (Å²) in [5.74, 6) is -2.96. The van der Waals surface area contributed by atoms with E-state index in [1.165, 1.54) is 199 Å². The smallest absolute Gasteiger partial charge is 0.463 e. The Labute approximate surface area is 705 Å². The minimum atomic E-state index is -5.80. The van der Waals surface area contributed by atoms with Crippen molar-refractivity contribution in [3.63, 3.8) is 0 Å². The Kier molecular flexibility index (Phi) is 65.3. The molecule has 2 saturated heterocycles. The predicted octanol–water partition coefficient (Wildman–Crippen LogP) is 17.6. The van der Waals surface area contributed by atoms with Gasteiger partial charge in [0, 0.05) is 25.7 Å². The molecule has 10 N–H and O–H groups in total. The second-order valence-electron chi connectivity index (χ2n) is 33.9. The lowest BCUT2D eigenvalue weighted by atomic mass is 9.84. The Balaban J connectivity index is 1.92. The van der Waals surface area contributed by atoms with Crippen molar-refractivity contribution < 1.29 is 122 Å². The van der Waals surface area contributed by atoms with Gasteiger partial charge < -0.3 is 88.7 Å². The van der Waals surface area contributed by atoms with Gasteiger partial charge in [-0.1, -0.05) is 348 Å². The minimum absolute atomic E-state index is 0.00421. The van der Waals surface area contributed by atoms with Crippen LogP contribution in [0.2, 0.25) is 0 Å². The van der Waals surface area contributed by atoms with E-state index in [9.17, 15) is 74.6 Å². The molecule has 1 aliphatic carbocycles. The fourth-order valence-corrected chi connectivity index (χ4v) is 16.7. The molecular weight excluding hydrogens is 1520 g/mol. The molecule has 1 saturated carbocycles. The standard InChI is InChI=1S/C91H169O25P/c1-5-9-13-17-21-25-29-33-36-40-44-47-51-55-59-63-74(93)107-68-71(110-76(95)65-61-57-53-49-45-41-37-34-30-26-22-18-14-10-6-2)69-109-117(105,106)116-89-87(114-90-84(103)80(99)78(97)72(67-92)111-90)83(102)82(101)86(113-77(96)66-62-58-54-50-46-42-38-35-31-27-23-19-15-11-7-3)88(89)115-91-85(104)81(100)79(98)73(112-91)70-108-75(94)64-60-56-52-48-43-39-32-28-24-20-16-12-8-4/h39,43,71-73,78-92,97-104H,5-38,40-42,44-70H2,1-4H3,(H,105,106)/b43-39-. The quantitative estimate of drug-likeness (QED) is 0.00889. The molecule has 3 aliphatic rings. The van der Waals surface area contributed by atoms with E-state index in [1.807, 2.05) is 0 Å². The van der Waals surface area contributed by atoms with Gasteiger partial charge >= 0.3 is 31.7 Å². The Bertz CT molecular complexity index is 2480. The third-order valence-corrected chi connectivity index (χ3v) is 24.3. The van der Waals surface area contributed by atoms with E-state index in [1.54, 1.807) is 0 Å². The Morgan fingerprint density at radius 1 is 0.333 bits per heavy atom. The normalized spacial score (nSPS) is 25.0. The summed E-state index contributed by atoms with van der Waals surface area (Å²) in [6.07, 6.45) is 29.1. The van der Waals surface area contributed by atoms with E-state index >= 15 is 0 Å². The van der Waals surface area contributed by atoms with Crippen molar-refractivity contribution >= 4 is 31.7 Å². The zero-order chi connectivity index (χ0) is 85.4. The molecule has 0 aromatic heterocycles. The number of aliphatic hydroxyl groups is 9. The van der Waals surface area contributed by atoms with Crippen LogP contribution in [0.3, 0.4) is 0 Å². The third kappa shape index (κ3) is 50.7. The highest BCUT2D eigenvalue weighted by atomic mass is 31.2. The number of unbranched alkanes of at least 4 members (excludes halogenated alkanes) is 51. The van der Waals surface area contributed by atoms with Crippen LogP contribution in [-0.2, 0) is 70.7 Å². The van der Waals surface area contributed by atoms with Crippen molar-refractivity contribution in [2.45, 2.75) is 517 Å². The summed E-state index contributed by atoms with van der Waals surface area (Å²) in [5, 5.41) is 102. The highest BCUT2D eigenvalue weighted by Crippen LogP contribution is 2.49. The van der Waals surface area contributed by atoms with Gasteiger partial charge in [-0.2, -0.15) is 0 Å². The van der Waals surface area contributed by atoms with Crippen molar-refractivity contribution in [3.05, 3.63) is 12.2 Å². The van der Waals surface area contributed by atoms with Crippen LogP contribution in [0.5, 0.6) is 0 Å². The molecule has 0 aromatic carbocycles. The number of allylic oxidation sites excluding steroid dienone is 2. The molecular formula is C91H169O25P. The van der Waals surface area contributed by atoms with Crippen LogP contribution >= 0.6 is 7.82 Å². The summed E-state index contributed by atoms with van der Waals surface area (Å²) in [6, 6.07) is 0. The second kappa shape index (κ2) is 70.5. The number of ether oxygens (including phenoxy) is 8. The summed E-state index contributed by atoms with van der Waals surface area (Å²) in [5.41, 5.74) is 0. The summed E-state index contributed by atoms with van der Waals surface area (Å²) < 4.78 is 73.4. The van der Waals surface area contributed by atoms with Crippen molar-refractivity contribution in [2.24, 2.45) is 0 Å². The SMILES string of the molecule is CCCCCCCC/C=C\CCCCCC(=O)OCC1OC(OC2C(OC(=O)CCCCCCCCCCCCCCCCC)C(O)C(O)C(OC3OC(CO)C(O)C(O)C3O)C2OP(=O)(O)OCC(COC(=O)CCCCCCCCCCCCCCCCC)OC(=O)CCCCCCCCCCCCCCCCC)C(O)C(O)C1O. The summed E-state index contributed by atoms with van der Waals surface area (Å²) in [4.78, 5) is 66.5. The number of carbonyl (C=O) groups is 4. The first kappa shape index (κ1) is 108. The monoisotopic (exact) mass is 1690 g/mol. The zero-order valence-electron chi connectivity index (χ0n) is 73.3. The van der Waals surface area contributed by atoms with Gasteiger partial charge in [0.1, 0.15) is 92.6 Å². The first-order valence-corrected chi connectivity index (χ1v) is 48.9. The number of rotatable bonds is 77. The average Bonchev–Trinajstić information content (AvgIpc) is 0.755. The van der Waals surface area contributed by atoms with Gasteiger partial charge in [-0.3, -0.25) is 28.2 Å². The molecule has 0 aromatic rings. The van der Waals surface area contributed by atoms with Crippen LogP contribution in [0.1, 0.15) is 413 Å². The fraction of sp³-hybridized carbons (Fsp3) is 0.934. The minimum Gasteiger partial charge on any atom is -0.463 e. The van der Waals surface area contributed by atoms with Crippen LogP contribution in [-0.4, -0.2) is 205 Å². The van der Waals surface area contributed by atoms with Gasteiger partial charge in [-0.25, -0.2) is 4.57 Å². The average molecular weight is 1690 g/mol. The highest BCUT2D eigenvalue weighted by Gasteiger charge is 2.60. The summed E-state index contributed by atoms with van der Waals surface area (Å²) in [6.45, 7) is 5.61. The lowest BCUT2D eigenvalue weighted by Crippen LogP contribution is -2.70. The fourth-order valence-electron chi connectivity index (χ4n) is 15.7. The molecule has 18 unspecified atom stereocenters. The maximum atomic E-state index is 14.9. The first-order valence-electron chi connectivity index (χ1n) is 47.4. The van der Waals surface area contributed by atoms with Crippen molar-refractivity contribution in [1.29, 1.82) is 0 Å². The Hall–Kier alpha value is -2.79. The van der Waals surface area contributed by atoms with Crippen molar-refractivity contribution in [3.8, 4) is 0 Å². The van der Waals surface area contributed by atoms with Crippen LogP contribution in [0.25, 0.3) is 0 Å². The highest BCUT2D eigenvalue weighted by molar-refractivity contribution is 7.47. The number of phosphoric acid groups is 1. The van der Waals surface area contributed by atoms with Gasteiger partial charge in [-0.05, 0) is 51.4 Å². The second-order valence-corrected chi connectivity index (χ2v) is 35.3. The molecule has 25 nitrogen and oxygen atoms in total. The number of aliphatic hydroxyl groups excluding tert-OH is 9. The van der Waals surface area contributed by atoms with E-state index in [-0.39, 0.29) is 25.7 Å². The molecule has 18 atom stereocenters. The molecule has 0 radical (unpaired) electrons. The Morgan fingerprint density at radius 2 is 0.641 bits per heavy atom. The zero-order valence-corrected chi connectivity index (χ0v) is 74.2. The Morgan fingerprint density at radius 3 is 1.03 bits per heavy atom. The van der Waals surface area contributed by atoms with Gasteiger partial charge in [0.25, 0.3) is 0 Å². The van der Waals surface area contributed by atoms with Gasteiger partial charge in [0.2, 0.25) is 0 Å². The van der Waals surface area contributed by atoms with Crippen molar-refractivity contribution in [2.75, 3.05) is 26.4 Å². The number of esters is 4. The third-order valence-electron chi connectivity index (χ3n) is 23.3. The number of hydrogen-bond acceptors (Lipinski definition) is 24. The van der Waals surface area contributed by atoms with E-state index < -0.39 is 162 Å². The molecule has 26 heteroatoms. The molecule has 0 spiro atoms. The topological polar surface area (TPSA) is 380 Å². The van der Waals surface area contributed by atoms with Crippen LogP contribution in [0, 0.1) is 0 Å². The number of hydrogen-bond donors (Lipinski definition) is 10. The first-order chi connectivity index (χ1) is 56.7. The van der Waals surface area contributed by atoms with Gasteiger partial charge in [-0.15, -0.1) is 0 Å². The van der Waals surface area contributed by atoms with Crippen LogP contribution in [0.4, 0.5) is 0 Å². The van der Waals surface area contributed by atoms with E-state index in [2.05, 4.69) is 39.8 Å². The van der Waals surface area contributed by atoms with Crippen LogP contribution < -0.4 is 0 Å². The van der Waals surface area contributed by atoms with E-state index in [0.29, 0.717) is 38.5 Å². The van der Waals surface area contributed by atoms with Crippen LogP contribution in [0.15, 0.2) is 12.2 Å². The lowest BCUT2D eigenvalue weighted by molar-refractivity contribution is -0.360. The number of phosphoric ester groups is 1. The molecule has 3 fully saturated rings. The molecule has 3 rings (SSSR count). The molecule has 2 heterocycles. The van der Waals surface area contributed by atoms with Crippen molar-refractivity contribution in [1.82, 2.24) is 0 Å².